The predicted octanol–water partition coefficient (Wildman–Crippen LogP) is 4.58. The number of unbranched alkanes of at least 4 members (excludes halogenated alkanes) is 1. The van der Waals surface area contributed by atoms with Crippen molar-refractivity contribution in [1.29, 1.82) is 0 Å². The maximum Gasteiger partial charge on any atom is 0.355 e. The lowest BCUT2D eigenvalue weighted by molar-refractivity contribution is -0.121. The monoisotopic (exact) mass is 409 g/mol. The zero-order chi connectivity index (χ0) is 19.6. The van der Waals surface area contributed by atoms with Crippen molar-refractivity contribution in [3.05, 3.63) is 35.4 Å². The van der Waals surface area contributed by atoms with Crippen molar-refractivity contribution >= 4 is 34.9 Å². The maximum atomic E-state index is 12.2. The molecule has 0 saturated heterocycles. The number of carboxylic acid groups (broad SMARTS) is 1. The molecule has 1 heterocycles. The van der Waals surface area contributed by atoms with Crippen molar-refractivity contribution in [2.24, 2.45) is 11.8 Å². The fourth-order valence-corrected chi connectivity index (χ4v) is 5.02. The van der Waals surface area contributed by atoms with E-state index in [1.807, 2.05) is 18.2 Å². The summed E-state index contributed by atoms with van der Waals surface area (Å²) in [6, 6.07) is 0. The summed E-state index contributed by atoms with van der Waals surface area (Å²) in [6.07, 6.45) is 12.3. The molecule has 3 atom stereocenters. The van der Waals surface area contributed by atoms with E-state index in [-0.39, 0.29) is 17.5 Å². The van der Waals surface area contributed by atoms with Gasteiger partial charge in [-0.05, 0) is 31.6 Å². The van der Waals surface area contributed by atoms with Gasteiger partial charge in [-0.25, -0.2) is 9.78 Å². The summed E-state index contributed by atoms with van der Waals surface area (Å²) in [5, 5.41) is 20.4. The van der Waals surface area contributed by atoms with Crippen LogP contribution in [0.1, 0.15) is 55.9 Å². The van der Waals surface area contributed by atoms with E-state index < -0.39 is 12.1 Å². The van der Waals surface area contributed by atoms with Crippen LogP contribution in [0.3, 0.4) is 0 Å². The number of aromatic carboxylic acids is 1. The van der Waals surface area contributed by atoms with Crippen LogP contribution >= 0.6 is 23.1 Å². The van der Waals surface area contributed by atoms with Crippen LogP contribution in [0.25, 0.3) is 0 Å². The first-order chi connectivity index (χ1) is 13.0. The van der Waals surface area contributed by atoms with Gasteiger partial charge in [0.25, 0.3) is 0 Å². The van der Waals surface area contributed by atoms with E-state index >= 15 is 0 Å². The molecule has 148 valence electrons. The quantitative estimate of drug-likeness (QED) is 0.411. The number of carbonyl (C=O) groups is 2. The van der Waals surface area contributed by atoms with Gasteiger partial charge in [0.2, 0.25) is 0 Å². The first kappa shape index (κ1) is 21.9. The van der Waals surface area contributed by atoms with E-state index in [0.29, 0.717) is 18.6 Å². The van der Waals surface area contributed by atoms with Gasteiger partial charge in [0, 0.05) is 23.5 Å². The number of hydrogen-bond donors (Lipinski definition) is 2. The molecule has 1 aliphatic carbocycles. The summed E-state index contributed by atoms with van der Waals surface area (Å²) in [4.78, 5) is 27.1. The Balaban J connectivity index is 1.79. The largest absolute Gasteiger partial charge is 0.476 e. The topological polar surface area (TPSA) is 87.5 Å². The van der Waals surface area contributed by atoms with E-state index in [9.17, 15) is 14.7 Å². The summed E-state index contributed by atoms with van der Waals surface area (Å²) in [7, 11) is 0. The molecule has 1 aromatic rings. The van der Waals surface area contributed by atoms with Crippen molar-refractivity contribution in [3.63, 3.8) is 0 Å². The number of aromatic nitrogens is 1. The molecule has 1 aromatic heterocycles. The number of hydrogen-bond acceptors (Lipinski definition) is 6. The Labute approximate surface area is 168 Å². The lowest BCUT2D eigenvalue weighted by Crippen LogP contribution is -2.14. The van der Waals surface area contributed by atoms with Crippen molar-refractivity contribution in [3.8, 4) is 0 Å². The molecule has 0 bridgehead atoms. The number of carbonyl (C=O) groups excluding carboxylic acids is 1. The third kappa shape index (κ3) is 7.24. The molecule has 2 rings (SSSR count). The summed E-state index contributed by atoms with van der Waals surface area (Å²) < 4.78 is 0.729. The number of nitrogens with zero attached hydrogens (tertiary/aromatic N) is 1. The Bertz CT molecular complexity index is 683. The summed E-state index contributed by atoms with van der Waals surface area (Å²) in [6.45, 7) is 2.10. The van der Waals surface area contributed by atoms with Gasteiger partial charge in [-0.15, -0.1) is 11.3 Å². The van der Waals surface area contributed by atoms with Crippen LogP contribution in [0, 0.1) is 11.8 Å². The van der Waals surface area contributed by atoms with Gasteiger partial charge in [-0.2, -0.15) is 0 Å². The van der Waals surface area contributed by atoms with E-state index in [1.54, 1.807) is 0 Å². The number of Topliss-reactive ketones (excluding diaryl/α,β-unsaturated/α-hetero) is 1. The minimum absolute atomic E-state index is 0.0143. The Kier molecular flexibility index (Phi) is 9.24. The van der Waals surface area contributed by atoms with Gasteiger partial charge in [0.05, 0.1) is 6.10 Å². The molecule has 0 spiro atoms. The molecule has 0 amide bonds. The normalized spacial score (nSPS) is 21.5. The molecule has 0 radical (unpaired) electrons. The SMILES string of the molecule is CCC/C=C/C(O)C/C=C/[C@H]1CCC(=O)[C@@H]1CCSc1nc(C(=O)O)cs1. The molecule has 1 aliphatic rings. The van der Waals surface area contributed by atoms with Crippen LogP contribution < -0.4 is 0 Å². The molecule has 1 fully saturated rings. The average Bonchev–Trinajstić information content (AvgIpc) is 3.24. The fraction of sp³-hybridized carbons (Fsp3) is 0.550. The smallest absolute Gasteiger partial charge is 0.355 e. The van der Waals surface area contributed by atoms with E-state index in [1.165, 1.54) is 28.5 Å². The molecule has 0 aliphatic heterocycles. The zero-order valence-corrected chi connectivity index (χ0v) is 17.2. The third-order valence-corrected chi connectivity index (χ3v) is 6.64. The average molecular weight is 410 g/mol. The van der Waals surface area contributed by atoms with Gasteiger partial charge in [-0.3, -0.25) is 4.79 Å². The first-order valence-electron chi connectivity index (χ1n) is 9.37. The Morgan fingerprint density at radius 1 is 1.48 bits per heavy atom. The van der Waals surface area contributed by atoms with E-state index in [2.05, 4.69) is 18.0 Å². The number of aliphatic hydroxyl groups excluding tert-OH is 1. The second kappa shape index (κ2) is 11.4. The highest BCUT2D eigenvalue weighted by molar-refractivity contribution is 8.01. The van der Waals surface area contributed by atoms with Crippen LogP contribution in [0.4, 0.5) is 0 Å². The number of rotatable bonds is 11. The molecule has 1 saturated carbocycles. The van der Waals surface area contributed by atoms with Gasteiger partial charge < -0.3 is 10.2 Å². The summed E-state index contributed by atoms with van der Waals surface area (Å²) >= 11 is 2.83. The molecule has 27 heavy (non-hydrogen) atoms. The van der Waals surface area contributed by atoms with Crippen LogP contribution in [0.15, 0.2) is 34.0 Å². The zero-order valence-electron chi connectivity index (χ0n) is 15.5. The van der Waals surface area contributed by atoms with Gasteiger partial charge in [-0.1, -0.05) is 49.4 Å². The number of thiazole rings is 1. The van der Waals surface area contributed by atoms with Crippen LogP contribution in [-0.2, 0) is 4.79 Å². The van der Waals surface area contributed by atoms with Gasteiger partial charge >= 0.3 is 5.97 Å². The minimum atomic E-state index is -1.01. The fourth-order valence-electron chi connectivity index (χ4n) is 3.13. The molecule has 0 aromatic carbocycles. The standard InChI is InChI=1S/C20H27NO4S2/c1-2-3-4-7-15(22)8-5-6-14-9-10-18(23)16(14)11-12-26-20-21-17(13-27-20)19(24)25/h4-7,13-16,22H,2-3,8-12H2,1H3,(H,24,25)/b6-5+,7-4+/t14-,15?,16+/m0/s1. The number of allylic oxidation sites excluding steroid dienone is 2. The maximum absolute atomic E-state index is 12.2. The lowest BCUT2D eigenvalue weighted by Gasteiger charge is -2.14. The second-order valence-electron chi connectivity index (χ2n) is 6.66. The van der Waals surface area contributed by atoms with Crippen molar-refractivity contribution < 1.29 is 19.8 Å². The molecule has 5 nitrogen and oxygen atoms in total. The first-order valence-corrected chi connectivity index (χ1v) is 11.2. The Hall–Kier alpha value is -1.44. The van der Waals surface area contributed by atoms with Crippen molar-refractivity contribution in [1.82, 2.24) is 4.98 Å². The molecule has 1 unspecified atom stereocenters. The van der Waals surface area contributed by atoms with Crippen molar-refractivity contribution in [2.75, 3.05) is 5.75 Å². The highest BCUT2D eigenvalue weighted by Gasteiger charge is 2.32. The van der Waals surface area contributed by atoms with Crippen LogP contribution in [0.5, 0.6) is 0 Å². The predicted molar refractivity (Wildman–Crippen MR) is 109 cm³/mol. The van der Waals surface area contributed by atoms with Crippen molar-refractivity contribution in [2.45, 2.75) is 55.9 Å². The highest BCUT2D eigenvalue weighted by Crippen LogP contribution is 2.34. The number of carboxylic acids is 1. The van der Waals surface area contributed by atoms with E-state index in [4.69, 9.17) is 5.11 Å². The lowest BCUT2D eigenvalue weighted by atomic mass is 9.92. The number of thioether (sulfide) groups is 1. The third-order valence-electron chi connectivity index (χ3n) is 4.59. The second-order valence-corrected chi connectivity index (χ2v) is 8.86. The van der Waals surface area contributed by atoms with Gasteiger partial charge in [0.1, 0.15) is 5.78 Å². The Morgan fingerprint density at radius 2 is 2.30 bits per heavy atom. The molecule has 2 N–H and O–H groups in total. The Morgan fingerprint density at radius 3 is 3.00 bits per heavy atom. The number of aliphatic hydroxyl groups is 1. The van der Waals surface area contributed by atoms with Gasteiger partial charge in [0.15, 0.2) is 10.0 Å². The summed E-state index contributed by atoms with van der Waals surface area (Å²) in [5.74, 6) is 0.284. The minimum Gasteiger partial charge on any atom is -0.476 e. The van der Waals surface area contributed by atoms with E-state index in [0.717, 1.165) is 35.8 Å². The number of ketones is 1. The molecular weight excluding hydrogens is 382 g/mol. The molecule has 7 heteroatoms. The molecular formula is C20H27NO4S2. The van der Waals surface area contributed by atoms with Crippen LogP contribution in [0.2, 0.25) is 0 Å². The highest BCUT2D eigenvalue weighted by atomic mass is 32.2. The summed E-state index contributed by atoms with van der Waals surface area (Å²) in [5.41, 5.74) is 0.0757. The van der Waals surface area contributed by atoms with Crippen LogP contribution in [-0.4, -0.2) is 38.8 Å².